The number of nitrogens with one attached hydrogen (secondary N) is 3. The minimum Gasteiger partial charge on any atom is -0.449 e. The first-order valence-corrected chi connectivity index (χ1v) is 17.8. The second kappa shape index (κ2) is 14.0. The van der Waals surface area contributed by atoms with E-state index in [-0.39, 0.29) is 38.5 Å². The zero-order valence-corrected chi connectivity index (χ0v) is 30.2. The minimum atomic E-state index is -1.10. The quantitative estimate of drug-likeness (QED) is 0.289. The average Bonchev–Trinajstić information content (AvgIpc) is 3.40. The monoisotopic (exact) mass is 711 g/mol. The summed E-state index contributed by atoms with van der Waals surface area (Å²) in [6.07, 6.45) is 2.06. The molecule has 4 aliphatic heterocycles. The van der Waals surface area contributed by atoms with E-state index >= 15 is 0 Å². The fraction of sp³-hybridized carbons (Fsp3) is 0.667. The van der Waals surface area contributed by atoms with Gasteiger partial charge in [-0.05, 0) is 42.9 Å². The van der Waals surface area contributed by atoms with Crippen LogP contribution in [0.25, 0.3) is 0 Å². The Bertz CT molecular complexity index is 1590. The Morgan fingerprint density at radius 2 is 1.80 bits per heavy atom. The molecule has 1 aliphatic carbocycles. The van der Waals surface area contributed by atoms with Crippen LogP contribution in [0.2, 0.25) is 0 Å². The molecule has 3 fully saturated rings. The second-order valence-corrected chi connectivity index (χ2v) is 15.7. The number of rotatable bonds is 11. The van der Waals surface area contributed by atoms with Crippen molar-refractivity contribution in [3.05, 3.63) is 23.8 Å². The lowest BCUT2D eigenvalue weighted by Crippen LogP contribution is -2.59. The predicted octanol–water partition coefficient (Wildman–Crippen LogP) is 2.72. The van der Waals surface area contributed by atoms with Crippen molar-refractivity contribution >= 4 is 35.3 Å². The highest BCUT2D eigenvalue weighted by molar-refractivity contribution is 6.38. The number of carbonyl (C=O) groups excluding carboxylic acids is 5. The lowest BCUT2D eigenvalue weighted by molar-refractivity contribution is -0.144. The zero-order chi connectivity index (χ0) is 36.7. The average molecular weight is 712 g/mol. The highest BCUT2D eigenvalue weighted by Gasteiger charge is 2.56. The van der Waals surface area contributed by atoms with Gasteiger partial charge in [0.1, 0.15) is 18.2 Å². The Balaban J connectivity index is 1.24. The minimum absolute atomic E-state index is 0.0250. The molecule has 5 atom stereocenters. The van der Waals surface area contributed by atoms with Gasteiger partial charge >= 0.3 is 6.09 Å². The molecule has 2 saturated heterocycles. The molecule has 15 heteroatoms. The van der Waals surface area contributed by atoms with Crippen LogP contribution < -0.4 is 25.4 Å². The SMILES string of the molecule is CCC[C@H](NC(=O)[C@@H]1C[C@@]2(CC(c3ccc4c(c3)OC(C)(C)O4)=NO2)CN1C(=O)[C@@H](NC(=O)O[C@H]1CCOC1)C(C)(C)C)C(=O)C(=O)NC1CC1. The normalized spacial score (nSPS) is 25.8. The maximum Gasteiger partial charge on any atom is 0.408 e. The topological polar surface area (TPSA) is 183 Å². The molecule has 0 aromatic heterocycles. The number of oxime groups is 1. The zero-order valence-electron chi connectivity index (χ0n) is 30.2. The van der Waals surface area contributed by atoms with E-state index in [1.165, 1.54) is 4.90 Å². The number of amides is 4. The number of fused-ring (bicyclic) bond motifs is 1. The number of ether oxygens (including phenoxy) is 4. The molecule has 4 amide bonds. The van der Waals surface area contributed by atoms with E-state index in [0.717, 1.165) is 18.4 Å². The molecule has 0 bridgehead atoms. The van der Waals surface area contributed by atoms with Crippen LogP contribution in [-0.4, -0.2) is 102 Å². The van der Waals surface area contributed by atoms with E-state index < -0.39 is 70.6 Å². The molecule has 1 aromatic rings. The molecule has 51 heavy (non-hydrogen) atoms. The van der Waals surface area contributed by atoms with Gasteiger partial charge in [-0.15, -0.1) is 0 Å². The molecule has 3 N–H and O–H groups in total. The third-order valence-corrected chi connectivity index (χ3v) is 9.70. The van der Waals surface area contributed by atoms with E-state index in [9.17, 15) is 24.0 Å². The highest BCUT2D eigenvalue weighted by atomic mass is 16.7. The maximum absolute atomic E-state index is 14.5. The van der Waals surface area contributed by atoms with Crippen molar-refractivity contribution in [1.29, 1.82) is 0 Å². The van der Waals surface area contributed by atoms with Gasteiger partial charge in [-0.3, -0.25) is 19.2 Å². The predicted molar refractivity (Wildman–Crippen MR) is 182 cm³/mol. The van der Waals surface area contributed by atoms with Crippen LogP contribution >= 0.6 is 0 Å². The molecule has 6 rings (SSSR count). The van der Waals surface area contributed by atoms with Gasteiger partial charge in [0, 0.05) is 44.7 Å². The Labute approximate surface area is 297 Å². The number of ketones is 1. The van der Waals surface area contributed by atoms with E-state index in [4.69, 9.17) is 23.8 Å². The summed E-state index contributed by atoms with van der Waals surface area (Å²) >= 11 is 0. The lowest BCUT2D eigenvalue weighted by Gasteiger charge is -2.35. The van der Waals surface area contributed by atoms with Crippen molar-refractivity contribution in [1.82, 2.24) is 20.9 Å². The maximum atomic E-state index is 14.5. The number of Topliss-reactive ketones (excluding diaryl/α,β-unsaturated/α-hetero) is 1. The largest absolute Gasteiger partial charge is 0.449 e. The number of likely N-dealkylation sites (tertiary alicyclic amines) is 1. The van der Waals surface area contributed by atoms with Gasteiger partial charge in [0.15, 0.2) is 17.1 Å². The summed E-state index contributed by atoms with van der Waals surface area (Å²) in [5, 5.41) is 12.6. The van der Waals surface area contributed by atoms with E-state index in [2.05, 4.69) is 21.1 Å². The summed E-state index contributed by atoms with van der Waals surface area (Å²) in [6, 6.07) is 2.17. The standard InChI is InChI=1S/C36H49N5O10/c1-7-8-23(28(42)31(44)37-21-10-11-21)38-30(43)25-17-36(16-24(40-51-36)20-9-12-26-27(15-20)50-35(5,6)49-26)19-41(25)32(45)29(34(2,3)4)39-33(46)48-22-13-14-47-18-22/h9,12,15,21-23,25,29H,7-8,10-11,13-14,16-19H2,1-6H3,(H,37,44)(H,38,43)(H,39,46)/t22-,23-,25-,29+,36-/m0/s1. The smallest absolute Gasteiger partial charge is 0.408 e. The molecule has 15 nitrogen and oxygen atoms in total. The summed E-state index contributed by atoms with van der Waals surface area (Å²) < 4.78 is 22.6. The van der Waals surface area contributed by atoms with Crippen molar-refractivity contribution in [2.45, 2.75) is 128 Å². The van der Waals surface area contributed by atoms with Crippen LogP contribution in [-0.2, 0) is 33.5 Å². The van der Waals surface area contributed by atoms with Crippen molar-refractivity contribution < 1.29 is 47.8 Å². The van der Waals surface area contributed by atoms with Gasteiger partial charge in [-0.1, -0.05) is 39.3 Å². The molecule has 278 valence electrons. The van der Waals surface area contributed by atoms with Gasteiger partial charge in [-0.2, -0.15) is 0 Å². The molecule has 1 saturated carbocycles. The van der Waals surface area contributed by atoms with Crippen LogP contribution in [0, 0.1) is 5.41 Å². The van der Waals surface area contributed by atoms with Gasteiger partial charge < -0.3 is 44.6 Å². The van der Waals surface area contributed by atoms with Crippen LogP contribution in [0.5, 0.6) is 11.5 Å². The third kappa shape index (κ3) is 8.23. The summed E-state index contributed by atoms with van der Waals surface area (Å²) in [5.41, 5.74) is -0.538. The van der Waals surface area contributed by atoms with Gasteiger partial charge in [0.25, 0.3) is 5.91 Å². The molecule has 0 unspecified atom stereocenters. The Morgan fingerprint density at radius 1 is 1.06 bits per heavy atom. The summed E-state index contributed by atoms with van der Waals surface area (Å²) in [5.74, 6) is -2.24. The van der Waals surface area contributed by atoms with Gasteiger partial charge in [0.05, 0.1) is 31.5 Å². The van der Waals surface area contributed by atoms with E-state index in [1.807, 2.05) is 32.9 Å². The molecule has 1 spiro atoms. The lowest BCUT2D eigenvalue weighted by atomic mass is 9.85. The number of alkyl carbamates (subject to hydrolysis) is 1. The van der Waals surface area contributed by atoms with Crippen LogP contribution in [0.15, 0.2) is 23.4 Å². The van der Waals surface area contributed by atoms with E-state index in [1.54, 1.807) is 26.8 Å². The summed E-state index contributed by atoms with van der Waals surface area (Å²) in [6.45, 7) is 11.6. The van der Waals surface area contributed by atoms with Crippen molar-refractivity contribution in [3.63, 3.8) is 0 Å². The van der Waals surface area contributed by atoms with Gasteiger partial charge in [-0.25, -0.2) is 4.79 Å². The van der Waals surface area contributed by atoms with Crippen LogP contribution in [0.4, 0.5) is 4.79 Å². The fourth-order valence-corrected chi connectivity index (χ4v) is 6.88. The number of carbonyl (C=O) groups is 5. The first-order valence-electron chi connectivity index (χ1n) is 17.8. The summed E-state index contributed by atoms with van der Waals surface area (Å²) in [7, 11) is 0. The first-order chi connectivity index (χ1) is 24.1. The summed E-state index contributed by atoms with van der Waals surface area (Å²) in [4.78, 5) is 75.1. The van der Waals surface area contributed by atoms with Crippen molar-refractivity contribution in [2.75, 3.05) is 19.8 Å². The second-order valence-electron chi connectivity index (χ2n) is 15.7. The number of benzene rings is 1. The molecule has 0 radical (unpaired) electrons. The van der Waals surface area contributed by atoms with Crippen LogP contribution in [0.3, 0.4) is 0 Å². The van der Waals surface area contributed by atoms with Crippen molar-refractivity contribution in [3.8, 4) is 11.5 Å². The van der Waals surface area contributed by atoms with E-state index in [0.29, 0.717) is 36.7 Å². The van der Waals surface area contributed by atoms with Crippen molar-refractivity contribution in [2.24, 2.45) is 10.6 Å². The third-order valence-electron chi connectivity index (χ3n) is 9.70. The number of hydrogen-bond acceptors (Lipinski definition) is 11. The molecule has 4 heterocycles. The molecule has 5 aliphatic rings. The number of nitrogens with zero attached hydrogens (tertiary/aromatic N) is 2. The number of hydrogen-bond donors (Lipinski definition) is 3. The van der Waals surface area contributed by atoms with Crippen LogP contribution in [0.1, 0.15) is 92.1 Å². The first kappa shape index (κ1) is 36.4. The Kier molecular flexibility index (Phi) is 9.96. The molecular weight excluding hydrogens is 662 g/mol. The Morgan fingerprint density at radius 3 is 2.47 bits per heavy atom. The Hall–Kier alpha value is -4.40. The molecule has 1 aromatic carbocycles. The fourth-order valence-electron chi connectivity index (χ4n) is 6.88. The highest BCUT2D eigenvalue weighted by Crippen LogP contribution is 2.43. The van der Waals surface area contributed by atoms with Gasteiger partial charge in [0.2, 0.25) is 23.4 Å². The molecular formula is C36H49N5O10.